The van der Waals surface area contributed by atoms with Gasteiger partial charge in [0.15, 0.2) is 5.82 Å². The van der Waals surface area contributed by atoms with Crippen LogP contribution < -0.4 is 4.74 Å². The van der Waals surface area contributed by atoms with Crippen molar-refractivity contribution in [3.63, 3.8) is 0 Å². The van der Waals surface area contributed by atoms with Crippen molar-refractivity contribution < 1.29 is 4.74 Å². The maximum Gasteiger partial charge on any atom is 0.299 e. The molecule has 0 atom stereocenters. The van der Waals surface area contributed by atoms with Crippen LogP contribution in [0.25, 0.3) is 11.4 Å². The Morgan fingerprint density at radius 1 is 1.07 bits per heavy atom. The largest absolute Gasteiger partial charge is 0.430 e. The van der Waals surface area contributed by atoms with E-state index in [1.807, 2.05) is 0 Å². The summed E-state index contributed by atoms with van der Waals surface area (Å²) in [7, 11) is 2.16. The molecular weight excluding hydrogens is 390 g/mol. The molecule has 5 heteroatoms. The van der Waals surface area contributed by atoms with Crippen LogP contribution in [0.2, 0.25) is 0 Å². The van der Waals surface area contributed by atoms with Gasteiger partial charge in [0, 0.05) is 23.6 Å². The number of aryl methyl sites for hydroxylation is 2. The van der Waals surface area contributed by atoms with Crippen molar-refractivity contribution in [2.45, 2.75) is 53.4 Å². The van der Waals surface area contributed by atoms with Crippen molar-refractivity contribution in [3.8, 4) is 22.3 Å². The second-order valence-corrected chi connectivity index (χ2v) is 9.72. The Labute approximate surface area is 185 Å². The van der Waals surface area contributed by atoms with Gasteiger partial charge in [-0.1, -0.05) is 52.0 Å². The second-order valence-electron chi connectivity index (χ2n) is 9.01. The fourth-order valence-corrected chi connectivity index (χ4v) is 3.85. The van der Waals surface area contributed by atoms with Gasteiger partial charge in [0.1, 0.15) is 5.75 Å². The highest BCUT2D eigenvalue weighted by Gasteiger charge is 2.16. The van der Waals surface area contributed by atoms with Gasteiger partial charge in [0.25, 0.3) is 5.19 Å². The van der Waals surface area contributed by atoms with E-state index in [9.17, 15) is 0 Å². The van der Waals surface area contributed by atoms with Crippen LogP contribution in [0.4, 0.5) is 0 Å². The monoisotopic (exact) mass is 423 g/mol. The van der Waals surface area contributed by atoms with E-state index >= 15 is 0 Å². The zero-order valence-electron chi connectivity index (χ0n) is 19.2. The summed E-state index contributed by atoms with van der Waals surface area (Å²) >= 11 is 1.30. The standard InChI is InChI=1S/C25H33N3OS/c1-8-28(7)13-12-19-14-18(3)22(15-17(19)2)29-24-26-23(27-30-24)20-10-9-11-21(16-20)25(4,5)6/h9-11,14-16H,8,12-13H2,1-7H3. The Bertz CT molecular complexity index is 1000. The Balaban J connectivity index is 1.77. The molecule has 0 fully saturated rings. The van der Waals surface area contributed by atoms with E-state index in [1.54, 1.807) is 0 Å². The van der Waals surface area contributed by atoms with Crippen LogP contribution in [-0.2, 0) is 11.8 Å². The van der Waals surface area contributed by atoms with Crippen molar-refractivity contribution in [3.05, 3.63) is 58.7 Å². The fraction of sp³-hybridized carbons (Fsp3) is 0.440. The van der Waals surface area contributed by atoms with Gasteiger partial charge in [-0.2, -0.15) is 9.36 Å². The van der Waals surface area contributed by atoms with E-state index in [0.717, 1.165) is 42.2 Å². The molecule has 0 saturated carbocycles. The lowest BCUT2D eigenvalue weighted by Gasteiger charge is -2.19. The van der Waals surface area contributed by atoms with Gasteiger partial charge < -0.3 is 9.64 Å². The zero-order chi connectivity index (χ0) is 21.9. The molecule has 2 aromatic carbocycles. The number of likely N-dealkylation sites (N-methyl/N-ethyl adjacent to an activating group) is 1. The van der Waals surface area contributed by atoms with Gasteiger partial charge in [-0.3, -0.25) is 0 Å². The molecule has 0 amide bonds. The van der Waals surface area contributed by atoms with Crippen LogP contribution in [0, 0.1) is 13.8 Å². The Morgan fingerprint density at radius 2 is 1.83 bits per heavy atom. The molecule has 30 heavy (non-hydrogen) atoms. The third-order valence-corrected chi connectivity index (χ3v) is 6.12. The van der Waals surface area contributed by atoms with Gasteiger partial charge in [0.05, 0.1) is 0 Å². The quantitative estimate of drug-likeness (QED) is 0.440. The first-order valence-corrected chi connectivity index (χ1v) is 11.4. The Hall–Kier alpha value is -2.24. The molecule has 4 nitrogen and oxygen atoms in total. The number of aromatic nitrogens is 2. The van der Waals surface area contributed by atoms with Crippen LogP contribution in [0.1, 0.15) is 49.9 Å². The van der Waals surface area contributed by atoms with E-state index in [1.165, 1.54) is 28.2 Å². The normalized spacial score (nSPS) is 11.9. The molecule has 0 N–H and O–H groups in total. The molecule has 0 aliphatic carbocycles. The predicted molar refractivity (Wildman–Crippen MR) is 127 cm³/mol. The van der Waals surface area contributed by atoms with Crippen molar-refractivity contribution in [1.29, 1.82) is 0 Å². The summed E-state index contributed by atoms with van der Waals surface area (Å²) in [4.78, 5) is 6.97. The van der Waals surface area contributed by atoms with Crippen molar-refractivity contribution >= 4 is 11.5 Å². The third-order valence-electron chi connectivity index (χ3n) is 5.53. The van der Waals surface area contributed by atoms with Gasteiger partial charge >= 0.3 is 0 Å². The summed E-state index contributed by atoms with van der Waals surface area (Å²) in [6.07, 6.45) is 1.05. The lowest BCUT2D eigenvalue weighted by Crippen LogP contribution is -2.20. The number of benzene rings is 2. The van der Waals surface area contributed by atoms with Gasteiger partial charge in [-0.05, 0) is 73.7 Å². The lowest BCUT2D eigenvalue weighted by molar-refractivity contribution is 0.357. The minimum Gasteiger partial charge on any atom is -0.430 e. The maximum atomic E-state index is 6.13. The molecule has 1 aromatic heterocycles. The molecule has 0 spiro atoms. The summed E-state index contributed by atoms with van der Waals surface area (Å²) < 4.78 is 10.7. The van der Waals surface area contributed by atoms with Gasteiger partial charge in [0.2, 0.25) is 0 Å². The van der Waals surface area contributed by atoms with E-state index < -0.39 is 0 Å². The molecule has 0 aliphatic heterocycles. The zero-order valence-corrected chi connectivity index (χ0v) is 20.1. The topological polar surface area (TPSA) is 38.2 Å². The number of ether oxygens (including phenoxy) is 1. The minimum absolute atomic E-state index is 0.0910. The maximum absolute atomic E-state index is 6.13. The summed E-state index contributed by atoms with van der Waals surface area (Å²) in [5.74, 6) is 1.57. The van der Waals surface area contributed by atoms with Crippen LogP contribution in [0.15, 0.2) is 36.4 Å². The highest BCUT2D eigenvalue weighted by atomic mass is 32.1. The van der Waals surface area contributed by atoms with Gasteiger partial charge in [-0.25, -0.2) is 0 Å². The number of nitrogens with zero attached hydrogens (tertiary/aromatic N) is 3. The van der Waals surface area contributed by atoms with Crippen LogP contribution >= 0.6 is 11.5 Å². The lowest BCUT2D eigenvalue weighted by atomic mass is 9.86. The Morgan fingerprint density at radius 3 is 2.53 bits per heavy atom. The third kappa shape index (κ3) is 5.46. The van der Waals surface area contributed by atoms with E-state index in [4.69, 9.17) is 4.74 Å². The summed E-state index contributed by atoms with van der Waals surface area (Å²) in [5, 5.41) is 0.576. The molecule has 160 valence electrons. The van der Waals surface area contributed by atoms with Crippen LogP contribution in [-0.4, -0.2) is 34.4 Å². The minimum atomic E-state index is 0.0910. The van der Waals surface area contributed by atoms with E-state index in [2.05, 4.69) is 99.2 Å². The first-order chi connectivity index (χ1) is 14.2. The molecule has 3 aromatic rings. The average molecular weight is 424 g/mol. The predicted octanol–water partition coefficient (Wildman–Crippen LogP) is 6.41. The van der Waals surface area contributed by atoms with Crippen LogP contribution in [0.3, 0.4) is 0 Å². The fourth-order valence-electron chi connectivity index (χ4n) is 3.29. The smallest absolute Gasteiger partial charge is 0.299 e. The van der Waals surface area contributed by atoms with Gasteiger partial charge in [-0.15, -0.1) is 0 Å². The molecule has 0 aliphatic rings. The molecular formula is C25H33N3OS. The van der Waals surface area contributed by atoms with Crippen molar-refractivity contribution in [1.82, 2.24) is 14.3 Å². The highest BCUT2D eigenvalue weighted by Crippen LogP contribution is 2.32. The average Bonchev–Trinajstić information content (AvgIpc) is 3.17. The second kappa shape index (κ2) is 9.27. The Kier molecular flexibility index (Phi) is 6.94. The number of hydrogen-bond donors (Lipinski definition) is 0. The number of hydrogen-bond acceptors (Lipinski definition) is 5. The SMILES string of the molecule is CCN(C)CCc1cc(C)c(Oc2nc(-c3cccc(C(C)(C)C)c3)ns2)cc1C. The first-order valence-electron chi connectivity index (χ1n) is 10.6. The van der Waals surface area contributed by atoms with Crippen LogP contribution in [0.5, 0.6) is 10.9 Å². The van der Waals surface area contributed by atoms with Crippen molar-refractivity contribution in [2.24, 2.45) is 0 Å². The molecule has 1 heterocycles. The molecule has 0 radical (unpaired) electrons. The van der Waals surface area contributed by atoms with Crippen molar-refractivity contribution in [2.75, 3.05) is 20.1 Å². The summed E-state index contributed by atoms with van der Waals surface area (Å²) in [6, 6.07) is 12.8. The summed E-state index contributed by atoms with van der Waals surface area (Å²) in [5.41, 5.74) is 6.14. The van der Waals surface area contributed by atoms with E-state index in [-0.39, 0.29) is 5.41 Å². The summed E-state index contributed by atoms with van der Waals surface area (Å²) in [6.45, 7) is 15.2. The van der Waals surface area contributed by atoms with E-state index in [0.29, 0.717) is 5.19 Å². The molecule has 0 bridgehead atoms. The number of rotatable bonds is 7. The molecule has 0 unspecified atom stereocenters. The molecule has 3 rings (SSSR count). The first kappa shape index (κ1) is 22.4. The molecule has 0 saturated heterocycles. The highest BCUT2D eigenvalue weighted by molar-refractivity contribution is 7.07.